The largest absolute Gasteiger partial charge is 0.272 e. The first-order valence-corrected chi connectivity index (χ1v) is 5.63. The van der Waals surface area contributed by atoms with Gasteiger partial charge in [-0.05, 0) is 20.8 Å². The lowest BCUT2D eigenvalue weighted by Crippen LogP contribution is -1.99. The van der Waals surface area contributed by atoms with E-state index in [4.69, 9.17) is 23.2 Å². The molecule has 17 heavy (non-hydrogen) atoms. The van der Waals surface area contributed by atoms with Crippen molar-refractivity contribution < 1.29 is 4.92 Å². The molecule has 0 N–H and O–H groups in total. The Morgan fingerprint density at radius 2 is 1.71 bits per heavy atom. The lowest BCUT2D eigenvalue weighted by atomic mass is 9.97. The Labute approximate surface area is 110 Å². The molecule has 90 valence electrons. The molecule has 0 spiro atoms. The fraction of sp³-hybridized carbons (Fsp3) is 0.333. The molecule has 0 aliphatic heterocycles. The second-order valence-corrected chi connectivity index (χ2v) is 5.36. The van der Waals surface area contributed by atoms with Crippen molar-refractivity contribution in [3.63, 3.8) is 0 Å². The number of hydrogen-bond donors (Lipinski definition) is 0. The van der Waals surface area contributed by atoms with Crippen LogP contribution in [-0.2, 0) is 0 Å². The molecule has 0 saturated heterocycles. The first-order chi connectivity index (χ1) is 7.70. The van der Waals surface area contributed by atoms with Crippen LogP contribution in [0, 0.1) is 27.4 Å². The Hall–Kier alpha value is -1.24. The summed E-state index contributed by atoms with van der Waals surface area (Å²) in [5, 5.41) is 11.0. The van der Waals surface area contributed by atoms with Gasteiger partial charge < -0.3 is 0 Å². The highest BCUT2D eigenvalue weighted by atomic mass is 35.5. The second kappa shape index (κ2) is 4.95. The van der Waals surface area contributed by atoms with Crippen molar-refractivity contribution in [2.45, 2.75) is 20.8 Å². The predicted molar refractivity (Wildman–Crippen MR) is 69.4 cm³/mol. The first kappa shape index (κ1) is 13.8. The molecule has 0 aliphatic rings. The van der Waals surface area contributed by atoms with Gasteiger partial charge in [-0.15, -0.1) is 0 Å². The van der Waals surface area contributed by atoms with Crippen LogP contribution in [0.5, 0.6) is 0 Å². The topological polar surface area (TPSA) is 43.1 Å². The molecular formula is C12H11Cl2NO2. The Morgan fingerprint density at radius 1 is 1.24 bits per heavy atom. The minimum Gasteiger partial charge on any atom is -0.258 e. The SMILES string of the molecule is CC(C)(C)C#Cc1c(Cl)cc([N+](=O)[O-])cc1Cl. The summed E-state index contributed by atoms with van der Waals surface area (Å²) in [5.74, 6) is 5.83. The van der Waals surface area contributed by atoms with Gasteiger partial charge in [-0.2, -0.15) is 0 Å². The minimum atomic E-state index is -0.543. The summed E-state index contributed by atoms with van der Waals surface area (Å²) in [6.45, 7) is 5.85. The fourth-order valence-electron chi connectivity index (χ4n) is 1.03. The Kier molecular flexibility index (Phi) is 4.03. The van der Waals surface area contributed by atoms with E-state index in [-0.39, 0.29) is 21.1 Å². The summed E-state index contributed by atoms with van der Waals surface area (Å²) in [6, 6.07) is 2.50. The fourth-order valence-corrected chi connectivity index (χ4v) is 1.60. The van der Waals surface area contributed by atoms with Gasteiger partial charge in [-0.1, -0.05) is 35.0 Å². The molecular weight excluding hydrogens is 261 g/mol. The van der Waals surface area contributed by atoms with Crippen molar-refractivity contribution in [3.05, 3.63) is 37.9 Å². The number of benzene rings is 1. The van der Waals surface area contributed by atoms with E-state index in [2.05, 4.69) is 11.8 Å². The molecule has 0 atom stereocenters. The number of nitrogens with zero attached hydrogens (tertiary/aromatic N) is 1. The molecule has 0 amide bonds. The molecule has 5 heteroatoms. The lowest BCUT2D eigenvalue weighted by Gasteiger charge is -2.07. The summed E-state index contributed by atoms with van der Waals surface area (Å²) in [7, 11) is 0. The summed E-state index contributed by atoms with van der Waals surface area (Å²) >= 11 is 11.8. The Morgan fingerprint density at radius 3 is 2.06 bits per heavy atom. The van der Waals surface area contributed by atoms with E-state index in [1.54, 1.807) is 0 Å². The molecule has 1 aromatic carbocycles. The number of halogens is 2. The zero-order valence-corrected chi connectivity index (χ0v) is 11.2. The molecule has 1 rings (SSSR count). The van der Waals surface area contributed by atoms with Crippen LogP contribution in [-0.4, -0.2) is 4.92 Å². The molecule has 0 unspecified atom stereocenters. The average Bonchev–Trinajstić information content (AvgIpc) is 2.14. The van der Waals surface area contributed by atoms with E-state index >= 15 is 0 Å². The van der Waals surface area contributed by atoms with Gasteiger partial charge in [-0.25, -0.2) is 0 Å². The smallest absolute Gasteiger partial charge is 0.258 e. The van der Waals surface area contributed by atoms with Crippen molar-refractivity contribution in [1.29, 1.82) is 0 Å². The monoisotopic (exact) mass is 271 g/mol. The molecule has 0 bridgehead atoms. The van der Waals surface area contributed by atoms with Crippen LogP contribution in [0.25, 0.3) is 0 Å². The molecule has 3 nitrogen and oxygen atoms in total. The van der Waals surface area contributed by atoms with Gasteiger partial charge in [0.1, 0.15) is 0 Å². The normalized spacial score (nSPS) is 10.6. The molecule has 0 aromatic heterocycles. The Bertz CT molecular complexity index is 499. The van der Waals surface area contributed by atoms with Crippen molar-refractivity contribution in [3.8, 4) is 11.8 Å². The third-order valence-corrected chi connectivity index (χ3v) is 2.40. The third kappa shape index (κ3) is 3.92. The van der Waals surface area contributed by atoms with Crippen molar-refractivity contribution in [2.75, 3.05) is 0 Å². The van der Waals surface area contributed by atoms with Crippen LogP contribution < -0.4 is 0 Å². The molecule has 0 heterocycles. The highest BCUT2D eigenvalue weighted by Gasteiger charge is 2.13. The van der Waals surface area contributed by atoms with Crippen molar-refractivity contribution >= 4 is 28.9 Å². The second-order valence-electron chi connectivity index (χ2n) is 4.54. The summed E-state index contributed by atoms with van der Waals surface area (Å²) < 4.78 is 0. The number of nitro groups is 1. The van der Waals surface area contributed by atoms with Crippen LogP contribution in [0.3, 0.4) is 0 Å². The maximum Gasteiger partial charge on any atom is 0.272 e. The van der Waals surface area contributed by atoms with Crippen LogP contribution in [0.4, 0.5) is 5.69 Å². The van der Waals surface area contributed by atoms with Gasteiger partial charge in [0.25, 0.3) is 5.69 Å². The molecule has 0 radical (unpaired) electrons. The average molecular weight is 272 g/mol. The van der Waals surface area contributed by atoms with Crippen LogP contribution in [0.2, 0.25) is 10.0 Å². The molecule has 0 saturated carbocycles. The summed E-state index contributed by atoms with van der Waals surface area (Å²) in [4.78, 5) is 10.0. The summed E-state index contributed by atoms with van der Waals surface area (Å²) in [6.07, 6.45) is 0. The van der Waals surface area contributed by atoms with E-state index in [1.807, 2.05) is 20.8 Å². The summed E-state index contributed by atoms with van der Waals surface area (Å²) in [5.41, 5.74) is 0.101. The van der Waals surface area contributed by atoms with Gasteiger partial charge in [0, 0.05) is 17.5 Å². The highest BCUT2D eigenvalue weighted by molar-refractivity contribution is 6.37. The van der Waals surface area contributed by atoms with E-state index in [0.29, 0.717) is 5.56 Å². The zero-order valence-electron chi connectivity index (χ0n) is 9.67. The quantitative estimate of drug-likeness (QED) is 0.434. The van der Waals surface area contributed by atoms with Crippen molar-refractivity contribution in [2.24, 2.45) is 5.41 Å². The van der Waals surface area contributed by atoms with Crippen molar-refractivity contribution in [1.82, 2.24) is 0 Å². The van der Waals surface area contributed by atoms with Crippen LogP contribution >= 0.6 is 23.2 Å². The zero-order chi connectivity index (χ0) is 13.2. The molecule has 0 fully saturated rings. The standard InChI is InChI=1S/C12H11Cl2NO2/c1-12(2,3)5-4-9-10(13)6-8(15(16)17)7-11(9)14/h6-7H,1-3H3. The maximum atomic E-state index is 10.6. The van der Waals surface area contributed by atoms with Crippen LogP contribution in [0.1, 0.15) is 26.3 Å². The Balaban J connectivity index is 3.27. The first-order valence-electron chi connectivity index (χ1n) is 4.87. The number of nitro benzene ring substituents is 1. The number of hydrogen-bond acceptors (Lipinski definition) is 2. The van der Waals surface area contributed by atoms with Gasteiger partial charge in [-0.3, -0.25) is 10.1 Å². The molecule has 1 aromatic rings. The van der Waals surface area contributed by atoms with Gasteiger partial charge in [0.2, 0.25) is 0 Å². The van der Waals surface area contributed by atoms with E-state index in [9.17, 15) is 10.1 Å². The van der Waals surface area contributed by atoms with Gasteiger partial charge >= 0.3 is 0 Å². The molecule has 0 aliphatic carbocycles. The maximum absolute atomic E-state index is 10.6. The highest BCUT2D eigenvalue weighted by Crippen LogP contribution is 2.29. The van der Waals surface area contributed by atoms with E-state index in [0.717, 1.165) is 0 Å². The lowest BCUT2D eigenvalue weighted by molar-refractivity contribution is -0.384. The third-order valence-electron chi connectivity index (χ3n) is 1.80. The number of non-ortho nitro benzene ring substituents is 1. The number of rotatable bonds is 1. The minimum absolute atomic E-state index is 0.138. The van der Waals surface area contributed by atoms with Gasteiger partial charge in [0.05, 0.1) is 20.5 Å². The van der Waals surface area contributed by atoms with E-state index < -0.39 is 4.92 Å². The van der Waals surface area contributed by atoms with Gasteiger partial charge in [0.15, 0.2) is 0 Å². The van der Waals surface area contributed by atoms with E-state index in [1.165, 1.54) is 12.1 Å². The predicted octanol–water partition coefficient (Wildman–Crippen LogP) is 4.30. The van der Waals surface area contributed by atoms with Crippen LogP contribution in [0.15, 0.2) is 12.1 Å².